The van der Waals surface area contributed by atoms with E-state index in [1.165, 1.54) is 16.4 Å². The molecule has 92 valence electrons. The zero-order valence-corrected chi connectivity index (χ0v) is 12.4. The maximum absolute atomic E-state index is 6.03. The van der Waals surface area contributed by atoms with Gasteiger partial charge in [0.25, 0.3) is 0 Å². The average Bonchev–Trinajstić information content (AvgIpc) is 2.61. The summed E-state index contributed by atoms with van der Waals surface area (Å²) in [6.07, 6.45) is 3.59. The molecule has 0 spiro atoms. The second-order valence-electron chi connectivity index (χ2n) is 4.46. The molecule has 3 nitrogen and oxygen atoms in total. The number of aromatic nitrogens is 2. The fourth-order valence-corrected chi connectivity index (χ4v) is 2.66. The molecule has 0 aliphatic rings. The molecular formula is C13H18IN3. The number of anilines is 1. The van der Waals surface area contributed by atoms with E-state index in [0.717, 1.165) is 17.5 Å². The highest BCUT2D eigenvalue weighted by molar-refractivity contribution is 14.1. The normalized spacial score (nSPS) is 13.1. The molecule has 2 rings (SSSR count). The largest absolute Gasteiger partial charge is 0.369 e. The topological polar surface area (TPSA) is 43.8 Å². The summed E-state index contributed by atoms with van der Waals surface area (Å²) in [4.78, 5) is 4.44. The van der Waals surface area contributed by atoms with E-state index in [4.69, 9.17) is 5.73 Å². The molecule has 1 heterocycles. The van der Waals surface area contributed by atoms with E-state index < -0.39 is 0 Å². The highest BCUT2D eigenvalue weighted by Crippen LogP contribution is 2.26. The lowest BCUT2D eigenvalue weighted by molar-refractivity contribution is 0.501. The molecule has 2 N–H and O–H groups in total. The van der Waals surface area contributed by atoms with E-state index >= 15 is 0 Å². The average molecular weight is 343 g/mol. The molecular weight excluding hydrogens is 325 g/mol. The lowest BCUT2D eigenvalue weighted by atomic mass is 10.1. The second-order valence-corrected chi connectivity index (χ2v) is 5.71. The number of rotatable bonds is 4. The molecule has 1 unspecified atom stereocenters. The van der Waals surface area contributed by atoms with Crippen LogP contribution < -0.4 is 5.73 Å². The molecule has 0 saturated heterocycles. The quantitative estimate of drug-likeness (QED) is 0.854. The van der Waals surface area contributed by atoms with Crippen LogP contribution >= 0.6 is 22.6 Å². The first-order valence-electron chi connectivity index (χ1n) is 6.06. The smallest absolute Gasteiger partial charge is 0.201 e. The van der Waals surface area contributed by atoms with E-state index in [0.29, 0.717) is 12.0 Å². The Bertz CT molecular complexity index is 519. The summed E-state index contributed by atoms with van der Waals surface area (Å²) in [5.41, 5.74) is 8.17. The van der Waals surface area contributed by atoms with Gasteiger partial charge in [-0.15, -0.1) is 0 Å². The Morgan fingerprint density at radius 2 is 2.24 bits per heavy atom. The van der Waals surface area contributed by atoms with E-state index in [2.05, 4.69) is 64.2 Å². The van der Waals surface area contributed by atoms with Crippen LogP contribution in [0.5, 0.6) is 0 Å². The van der Waals surface area contributed by atoms with Crippen molar-refractivity contribution in [3.05, 3.63) is 21.8 Å². The van der Waals surface area contributed by atoms with Gasteiger partial charge in [0.1, 0.15) is 0 Å². The third-order valence-electron chi connectivity index (χ3n) is 3.10. The standard InChI is InChI=1S/C13H18IN3/c1-3-4-5-9(2)17-12-7-6-10(14)8-11(12)16-13(17)15/h6-9H,3-5H2,1-2H3,(H2,15,16). The van der Waals surface area contributed by atoms with Crippen molar-refractivity contribution < 1.29 is 0 Å². The van der Waals surface area contributed by atoms with Crippen molar-refractivity contribution in [2.75, 3.05) is 5.73 Å². The number of unbranched alkanes of at least 4 members (excludes halogenated alkanes) is 1. The molecule has 1 aromatic carbocycles. The molecule has 2 aromatic rings. The van der Waals surface area contributed by atoms with Gasteiger partial charge in [-0.05, 0) is 54.1 Å². The third kappa shape index (κ3) is 2.56. The van der Waals surface area contributed by atoms with Crippen molar-refractivity contribution in [2.45, 2.75) is 39.2 Å². The summed E-state index contributed by atoms with van der Waals surface area (Å²) in [6.45, 7) is 4.43. The van der Waals surface area contributed by atoms with Gasteiger partial charge < -0.3 is 10.3 Å². The minimum atomic E-state index is 0.417. The van der Waals surface area contributed by atoms with Crippen molar-refractivity contribution in [2.24, 2.45) is 0 Å². The van der Waals surface area contributed by atoms with Crippen LogP contribution in [0.25, 0.3) is 11.0 Å². The van der Waals surface area contributed by atoms with E-state index in [1.54, 1.807) is 0 Å². The van der Waals surface area contributed by atoms with Gasteiger partial charge in [0.2, 0.25) is 5.95 Å². The minimum Gasteiger partial charge on any atom is -0.369 e. The van der Waals surface area contributed by atoms with Gasteiger partial charge >= 0.3 is 0 Å². The summed E-state index contributed by atoms with van der Waals surface area (Å²) in [7, 11) is 0. The van der Waals surface area contributed by atoms with Gasteiger partial charge in [-0.1, -0.05) is 19.8 Å². The van der Waals surface area contributed by atoms with Crippen LogP contribution in [0.3, 0.4) is 0 Å². The molecule has 0 aliphatic heterocycles. The first-order chi connectivity index (χ1) is 8.13. The minimum absolute atomic E-state index is 0.417. The molecule has 0 radical (unpaired) electrons. The van der Waals surface area contributed by atoms with Gasteiger partial charge in [-0.2, -0.15) is 0 Å². The molecule has 0 saturated carbocycles. The number of benzene rings is 1. The van der Waals surface area contributed by atoms with Crippen molar-refractivity contribution >= 4 is 39.6 Å². The molecule has 0 fully saturated rings. The lowest BCUT2D eigenvalue weighted by Gasteiger charge is -2.15. The Balaban J connectivity index is 2.42. The first kappa shape index (κ1) is 12.7. The summed E-state index contributed by atoms with van der Waals surface area (Å²) >= 11 is 2.30. The predicted molar refractivity (Wildman–Crippen MR) is 81.1 cm³/mol. The van der Waals surface area contributed by atoms with Gasteiger partial charge in [0.15, 0.2) is 0 Å². The number of fused-ring (bicyclic) bond motifs is 1. The summed E-state index contributed by atoms with van der Waals surface area (Å²) < 4.78 is 3.35. The number of hydrogen-bond acceptors (Lipinski definition) is 2. The predicted octanol–water partition coefficient (Wildman–Crippen LogP) is 3.97. The van der Waals surface area contributed by atoms with E-state index in [-0.39, 0.29) is 0 Å². The molecule has 0 amide bonds. The van der Waals surface area contributed by atoms with Crippen molar-refractivity contribution in [1.82, 2.24) is 9.55 Å². The van der Waals surface area contributed by atoms with Crippen LogP contribution in [0.4, 0.5) is 5.95 Å². The molecule has 0 aliphatic carbocycles. The molecule has 0 bridgehead atoms. The number of nitrogen functional groups attached to an aromatic ring is 1. The van der Waals surface area contributed by atoms with Crippen LogP contribution in [0.15, 0.2) is 18.2 Å². The van der Waals surface area contributed by atoms with Gasteiger partial charge in [0.05, 0.1) is 11.0 Å². The number of halogens is 1. The van der Waals surface area contributed by atoms with Gasteiger partial charge in [0, 0.05) is 9.61 Å². The third-order valence-corrected chi connectivity index (χ3v) is 3.77. The van der Waals surface area contributed by atoms with Crippen LogP contribution in [-0.2, 0) is 0 Å². The Hall–Kier alpha value is -0.780. The molecule has 4 heteroatoms. The highest BCUT2D eigenvalue weighted by atomic mass is 127. The lowest BCUT2D eigenvalue weighted by Crippen LogP contribution is -2.08. The maximum atomic E-state index is 6.03. The zero-order valence-electron chi connectivity index (χ0n) is 10.3. The Kier molecular flexibility index (Phi) is 3.91. The van der Waals surface area contributed by atoms with Crippen molar-refractivity contribution in [3.63, 3.8) is 0 Å². The van der Waals surface area contributed by atoms with Gasteiger partial charge in [-0.25, -0.2) is 4.98 Å². The van der Waals surface area contributed by atoms with Crippen LogP contribution in [0.2, 0.25) is 0 Å². The summed E-state index contributed by atoms with van der Waals surface area (Å²) in [6, 6.07) is 6.71. The Morgan fingerprint density at radius 1 is 1.47 bits per heavy atom. The second kappa shape index (κ2) is 5.25. The fourth-order valence-electron chi connectivity index (χ4n) is 2.18. The summed E-state index contributed by atoms with van der Waals surface area (Å²) in [5, 5.41) is 0. The summed E-state index contributed by atoms with van der Waals surface area (Å²) in [5.74, 6) is 0.630. The first-order valence-corrected chi connectivity index (χ1v) is 7.14. The number of hydrogen-bond donors (Lipinski definition) is 1. The number of nitrogens with zero attached hydrogens (tertiary/aromatic N) is 2. The van der Waals surface area contributed by atoms with Gasteiger partial charge in [-0.3, -0.25) is 0 Å². The highest BCUT2D eigenvalue weighted by Gasteiger charge is 2.13. The molecule has 1 atom stereocenters. The Labute approximate surface area is 116 Å². The molecule has 1 aromatic heterocycles. The van der Waals surface area contributed by atoms with Crippen molar-refractivity contribution in [1.29, 1.82) is 0 Å². The SMILES string of the molecule is CCCCC(C)n1c(N)nc2cc(I)ccc21. The number of imidazole rings is 1. The van der Waals surface area contributed by atoms with Crippen LogP contribution in [0.1, 0.15) is 39.2 Å². The molecule has 17 heavy (non-hydrogen) atoms. The van der Waals surface area contributed by atoms with E-state index in [1.807, 2.05) is 0 Å². The monoisotopic (exact) mass is 343 g/mol. The zero-order chi connectivity index (χ0) is 12.4. The Morgan fingerprint density at radius 3 is 2.94 bits per heavy atom. The van der Waals surface area contributed by atoms with Crippen LogP contribution in [-0.4, -0.2) is 9.55 Å². The van der Waals surface area contributed by atoms with E-state index in [9.17, 15) is 0 Å². The van der Waals surface area contributed by atoms with Crippen molar-refractivity contribution in [3.8, 4) is 0 Å². The van der Waals surface area contributed by atoms with Crippen LogP contribution in [0, 0.1) is 3.57 Å². The number of nitrogens with two attached hydrogens (primary N) is 1. The fraction of sp³-hybridized carbons (Fsp3) is 0.462. The maximum Gasteiger partial charge on any atom is 0.201 e.